The molecule has 3 aromatic carbocycles. The summed E-state index contributed by atoms with van der Waals surface area (Å²) in [6.07, 6.45) is 0.950. The van der Waals surface area contributed by atoms with Gasteiger partial charge in [-0.15, -0.1) is 0 Å². The van der Waals surface area contributed by atoms with Crippen LogP contribution >= 0.6 is 0 Å². The third-order valence-corrected chi connectivity index (χ3v) is 6.46. The van der Waals surface area contributed by atoms with Crippen molar-refractivity contribution in [2.75, 3.05) is 16.7 Å². The van der Waals surface area contributed by atoms with E-state index in [0.717, 1.165) is 4.90 Å². The number of amides is 2. The van der Waals surface area contributed by atoms with Crippen LogP contribution in [0.5, 0.6) is 17.2 Å². The number of ether oxygens (including phenoxy) is 2. The first-order valence-electron chi connectivity index (χ1n) is 10.3. The van der Waals surface area contributed by atoms with E-state index in [4.69, 9.17) is 9.47 Å². The van der Waals surface area contributed by atoms with Crippen LogP contribution in [0.2, 0.25) is 0 Å². The predicted octanol–water partition coefficient (Wildman–Crippen LogP) is 4.33. The fraction of sp³-hybridized carbons (Fsp3) is 0.167. The zero-order chi connectivity index (χ0) is 23.4. The van der Waals surface area contributed by atoms with E-state index >= 15 is 0 Å². The molecule has 1 aliphatic rings. The molecule has 8 nitrogen and oxygen atoms in total. The maximum Gasteiger partial charge on any atom is 0.265 e. The zero-order valence-electron chi connectivity index (χ0n) is 17.9. The van der Waals surface area contributed by atoms with Gasteiger partial charge in [0.05, 0.1) is 12.8 Å². The number of nitrogens with one attached hydrogen (secondary N) is 1. The van der Waals surface area contributed by atoms with Crippen molar-refractivity contribution >= 4 is 33.2 Å². The number of anilines is 2. The number of benzene rings is 3. The zero-order valence-corrected chi connectivity index (χ0v) is 18.7. The van der Waals surface area contributed by atoms with Gasteiger partial charge in [-0.1, -0.05) is 18.2 Å². The number of imide groups is 1. The van der Waals surface area contributed by atoms with E-state index in [0.29, 0.717) is 23.6 Å². The van der Waals surface area contributed by atoms with Crippen molar-refractivity contribution in [3.05, 3.63) is 72.8 Å². The highest BCUT2D eigenvalue weighted by Gasteiger charge is 2.29. The van der Waals surface area contributed by atoms with Gasteiger partial charge in [0, 0.05) is 18.5 Å². The minimum Gasteiger partial charge on any atom is -0.495 e. The third-order valence-electron chi connectivity index (χ3n) is 5.06. The van der Waals surface area contributed by atoms with Gasteiger partial charge in [0.2, 0.25) is 11.8 Å². The van der Waals surface area contributed by atoms with Crippen molar-refractivity contribution in [3.8, 4) is 17.2 Å². The van der Waals surface area contributed by atoms with E-state index in [1.54, 1.807) is 24.3 Å². The molecule has 2 amide bonds. The summed E-state index contributed by atoms with van der Waals surface area (Å²) in [5, 5.41) is 0. The standard InChI is InChI=1S/C24H22N2O6S/c1-31-21-15-12-18(26-23(27)8-5-9-24(26)28)16-22(21)33(29,30)25-17-10-13-20(14-11-17)32-19-6-3-2-4-7-19/h2-4,6-7,10-16,25H,5,8-9H2,1H3. The first kappa shape index (κ1) is 22.3. The van der Waals surface area contributed by atoms with Crippen molar-refractivity contribution in [3.63, 3.8) is 0 Å². The van der Waals surface area contributed by atoms with Crippen molar-refractivity contribution in [1.82, 2.24) is 0 Å². The highest BCUT2D eigenvalue weighted by molar-refractivity contribution is 7.92. The summed E-state index contributed by atoms with van der Waals surface area (Å²) in [5.74, 6) is 0.579. The fourth-order valence-electron chi connectivity index (χ4n) is 3.48. The number of nitrogens with zero attached hydrogens (tertiary/aromatic N) is 1. The van der Waals surface area contributed by atoms with Gasteiger partial charge in [0.1, 0.15) is 22.1 Å². The second kappa shape index (κ2) is 9.33. The molecule has 1 fully saturated rings. The SMILES string of the molecule is COc1ccc(N2C(=O)CCCC2=O)cc1S(=O)(=O)Nc1ccc(Oc2ccccc2)cc1. The van der Waals surface area contributed by atoms with Crippen LogP contribution in [0.15, 0.2) is 77.7 Å². The van der Waals surface area contributed by atoms with E-state index in [-0.39, 0.29) is 41.0 Å². The molecule has 0 saturated carbocycles. The van der Waals surface area contributed by atoms with Gasteiger partial charge in [-0.2, -0.15) is 0 Å². The van der Waals surface area contributed by atoms with E-state index in [1.807, 2.05) is 30.3 Å². The predicted molar refractivity (Wildman–Crippen MR) is 123 cm³/mol. The summed E-state index contributed by atoms with van der Waals surface area (Å²) < 4.78 is 39.7. The lowest BCUT2D eigenvalue weighted by molar-refractivity contribution is -0.129. The molecule has 9 heteroatoms. The summed E-state index contributed by atoms with van der Waals surface area (Å²) in [5.41, 5.74) is 0.505. The maximum atomic E-state index is 13.1. The van der Waals surface area contributed by atoms with Crippen molar-refractivity contribution in [2.24, 2.45) is 0 Å². The lowest BCUT2D eigenvalue weighted by Gasteiger charge is -2.25. The van der Waals surface area contributed by atoms with Gasteiger partial charge in [-0.05, 0) is 61.0 Å². The molecule has 0 radical (unpaired) electrons. The molecular formula is C24H22N2O6S. The minimum atomic E-state index is -4.09. The molecule has 1 N–H and O–H groups in total. The molecule has 170 valence electrons. The van der Waals surface area contributed by atoms with Crippen LogP contribution in [0.1, 0.15) is 19.3 Å². The van der Waals surface area contributed by atoms with Crippen LogP contribution in [0.4, 0.5) is 11.4 Å². The number of hydrogen-bond acceptors (Lipinski definition) is 6. The molecule has 3 aromatic rings. The number of sulfonamides is 1. The van der Waals surface area contributed by atoms with Crippen LogP contribution in [0.25, 0.3) is 0 Å². The number of rotatable bonds is 7. The Morgan fingerprint density at radius 3 is 2.12 bits per heavy atom. The first-order chi connectivity index (χ1) is 15.9. The van der Waals surface area contributed by atoms with Crippen LogP contribution in [-0.2, 0) is 19.6 Å². The van der Waals surface area contributed by atoms with Crippen LogP contribution in [-0.4, -0.2) is 27.3 Å². The normalized spacial score (nSPS) is 14.2. The number of carbonyl (C=O) groups is 2. The molecule has 0 bridgehead atoms. The summed E-state index contributed by atoms with van der Waals surface area (Å²) in [7, 11) is -2.74. The Morgan fingerprint density at radius 1 is 0.848 bits per heavy atom. The highest BCUT2D eigenvalue weighted by atomic mass is 32.2. The fourth-order valence-corrected chi connectivity index (χ4v) is 4.73. The number of para-hydroxylation sites is 1. The molecule has 0 unspecified atom stereocenters. The quantitative estimate of drug-likeness (QED) is 0.520. The van der Waals surface area contributed by atoms with Gasteiger partial charge in [-0.3, -0.25) is 19.2 Å². The largest absolute Gasteiger partial charge is 0.495 e. The Balaban J connectivity index is 1.58. The molecule has 4 rings (SSSR count). The van der Waals surface area contributed by atoms with Crippen molar-refractivity contribution in [1.29, 1.82) is 0 Å². The van der Waals surface area contributed by atoms with Crippen LogP contribution in [0, 0.1) is 0 Å². The smallest absolute Gasteiger partial charge is 0.265 e. The molecule has 1 saturated heterocycles. The second-order valence-electron chi connectivity index (χ2n) is 7.36. The van der Waals surface area contributed by atoms with Crippen LogP contribution in [0.3, 0.4) is 0 Å². The van der Waals surface area contributed by atoms with E-state index in [2.05, 4.69) is 4.72 Å². The molecule has 0 atom stereocenters. The summed E-state index contributed by atoms with van der Waals surface area (Å²) in [6.45, 7) is 0. The Hall–Kier alpha value is -3.85. The molecule has 0 aromatic heterocycles. The molecule has 1 aliphatic heterocycles. The highest BCUT2D eigenvalue weighted by Crippen LogP contribution is 2.32. The number of piperidine rings is 1. The van der Waals surface area contributed by atoms with Gasteiger partial charge >= 0.3 is 0 Å². The van der Waals surface area contributed by atoms with Crippen molar-refractivity contribution < 1.29 is 27.5 Å². The summed E-state index contributed by atoms with van der Waals surface area (Å²) in [6, 6.07) is 19.8. The summed E-state index contributed by atoms with van der Waals surface area (Å²) >= 11 is 0. The maximum absolute atomic E-state index is 13.1. The minimum absolute atomic E-state index is 0.0900. The van der Waals surface area contributed by atoms with Crippen molar-refractivity contribution in [2.45, 2.75) is 24.2 Å². The third kappa shape index (κ3) is 4.98. The molecular weight excluding hydrogens is 444 g/mol. The van der Waals surface area contributed by atoms with Gasteiger partial charge < -0.3 is 9.47 Å². The Labute approximate surface area is 191 Å². The van der Waals surface area contributed by atoms with E-state index < -0.39 is 10.0 Å². The molecule has 1 heterocycles. The topological polar surface area (TPSA) is 102 Å². The van der Waals surface area contributed by atoms with E-state index in [1.165, 1.54) is 25.3 Å². The lowest BCUT2D eigenvalue weighted by atomic mass is 10.1. The van der Waals surface area contributed by atoms with Gasteiger partial charge in [0.15, 0.2) is 0 Å². The Kier molecular flexibility index (Phi) is 6.32. The van der Waals surface area contributed by atoms with E-state index in [9.17, 15) is 18.0 Å². The number of carbonyl (C=O) groups excluding carboxylic acids is 2. The Morgan fingerprint density at radius 2 is 1.48 bits per heavy atom. The average Bonchev–Trinajstić information content (AvgIpc) is 2.81. The van der Waals surface area contributed by atoms with Crippen LogP contribution < -0.4 is 19.1 Å². The number of methoxy groups -OCH3 is 1. The van der Waals surface area contributed by atoms with Gasteiger partial charge in [-0.25, -0.2) is 8.42 Å². The number of hydrogen-bond donors (Lipinski definition) is 1. The van der Waals surface area contributed by atoms with Gasteiger partial charge in [0.25, 0.3) is 10.0 Å². The molecule has 0 spiro atoms. The summed E-state index contributed by atoms with van der Waals surface area (Å²) in [4.78, 5) is 25.4. The molecule has 33 heavy (non-hydrogen) atoms. The molecule has 0 aliphatic carbocycles. The first-order valence-corrected chi connectivity index (χ1v) is 11.8. The monoisotopic (exact) mass is 466 g/mol. The average molecular weight is 467 g/mol. The second-order valence-corrected chi connectivity index (χ2v) is 9.01. The lowest BCUT2D eigenvalue weighted by Crippen LogP contribution is -2.40. The Bertz CT molecular complexity index is 1260.